The Bertz CT molecular complexity index is 572. The fraction of sp³-hybridized carbons (Fsp3) is 0.400. The van der Waals surface area contributed by atoms with Gasteiger partial charge in [0.25, 0.3) is 5.56 Å². The Morgan fingerprint density at radius 3 is 2.72 bits per heavy atom. The van der Waals surface area contributed by atoms with Gasteiger partial charge in [0.05, 0.1) is 11.6 Å². The van der Waals surface area contributed by atoms with Crippen molar-refractivity contribution in [3.63, 3.8) is 0 Å². The van der Waals surface area contributed by atoms with Gasteiger partial charge in [-0.05, 0) is 43.7 Å². The third-order valence-corrected chi connectivity index (χ3v) is 3.15. The van der Waals surface area contributed by atoms with E-state index in [2.05, 4.69) is 0 Å². The number of aliphatic hydroxyl groups is 1. The number of fused-ring (bicyclic) bond motifs is 1. The zero-order chi connectivity index (χ0) is 13.0. The Morgan fingerprint density at radius 2 is 1.94 bits per heavy atom. The van der Waals surface area contributed by atoms with E-state index >= 15 is 0 Å². The number of benzene rings is 1. The highest BCUT2D eigenvalue weighted by atomic mass is 16.3. The summed E-state index contributed by atoms with van der Waals surface area (Å²) in [6.45, 7) is 2.51. The molecule has 0 saturated carbocycles. The van der Waals surface area contributed by atoms with Crippen LogP contribution in [0.25, 0.3) is 10.9 Å². The molecule has 2 aromatic rings. The molecule has 3 nitrogen and oxygen atoms in total. The van der Waals surface area contributed by atoms with Crippen LogP contribution in [0.2, 0.25) is 0 Å². The van der Waals surface area contributed by atoms with Crippen molar-refractivity contribution in [2.45, 2.75) is 38.8 Å². The van der Waals surface area contributed by atoms with Crippen molar-refractivity contribution in [1.82, 2.24) is 4.57 Å². The summed E-state index contributed by atoms with van der Waals surface area (Å²) in [7, 11) is 0. The lowest BCUT2D eigenvalue weighted by Gasteiger charge is -2.10. The number of para-hydroxylation sites is 1. The second-order valence-corrected chi connectivity index (χ2v) is 4.73. The molecule has 0 spiro atoms. The Morgan fingerprint density at radius 1 is 1.17 bits per heavy atom. The zero-order valence-electron chi connectivity index (χ0n) is 10.7. The van der Waals surface area contributed by atoms with Gasteiger partial charge in [-0.25, -0.2) is 0 Å². The molecule has 1 aromatic heterocycles. The molecule has 0 bridgehead atoms. The summed E-state index contributed by atoms with van der Waals surface area (Å²) in [4.78, 5) is 11.9. The lowest BCUT2D eigenvalue weighted by atomic mass is 10.1. The summed E-state index contributed by atoms with van der Waals surface area (Å²) in [6, 6.07) is 11.4. The van der Waals surface area contributed by atoms with Gasteiger partial charge in [-0.3, -0.25) is 4.79 Å². The largest absolute Gasteiger partial charge is 0.393 e. The molecule has 96 valence electrons. The highest BCUT2D eigenvalue weighted by Gasteiger charge is 2.02. The van der Waals surface area contributed by atoms with E-state index in [1.54, 1.807) is 13.0 Å². The van der Waals surface area contributed by atoms with Crippen molar-refractivity contribution in [2.24, 2.45) is 0 Å². The maximum atomic E-state index is 11.9. The SMILES string of the molecule is CC(O)CCCCn1c(=O)ccc2ccccc21. The molecule has 18 heavy (non-hydrogen) atoms. The highest BCUT2D eigenvalue weighted by molar-refractivity contribution is 5.78. The summed E-state index contributed by atoms with van der Waals surface area (Å²) < 4.78 is 1.82. The van der Waals surface area contributed by atoms with E-state index in [-0.39, 0.29) is 11.7 Å². The van der Waals surface area contributed by atoms with Crippen LogP contribution in [0.3, 0.4) is 0 Å². The number of hydrogen-bond acceptors (Lipinski definition) is 2. The average molecular weight is 245 g/mol. The Balaban J connectivity index is 2.16. The first kappa shape index (κ1) is 12.8. The van der Waals surface area contributed by atoms with Crippen molar-refractivity contribution >= 4 is 10.9 Å². The summed E-state index contributed by atoms with van der Waals surface area (Å²) in [5.41, 5.74) is 1.03. The quantitative estimate of drug-likeness (QED) is 0.823. The number of aryl methyl sites for hydroxylation is 1. The topological polar surface area (TPSA) is 42.2 Å². The molecule has 2 rings (SSSR count). The van der Waals surface area contributed by atoms with Crippen LogP contribution in [0.4, 0.5) is 0 Å². The number of hydrogen-bond donors (Lipinski definition) is 1. The maximum Gasteiger partial charge on any atom is 0.251 e. The minimum Gasteiger partial charge on any atom is -0.393 e. The summed E-state index contributed by atoms with van der Waals surface area (Å²) in [5, 5.41) is 10.3. The van der Waals surface area contributed by atoms with Crippen LogP contribution in [0.1, 0.15) is 26.2 Å². The zero-order valence-corrected chi connectivity index (χ0v) is 10.7. The second kappa shape index (κ2) is 5.83. The third kappa shape index (κ3) is 2.99. The van der Waals surface area contributed by atoms with Crippen LogP contribution in [0.15, 0.2) is 41.2 Å². The van der Waals surface area contributed by atoms with Gasteiger partial charge in [-0.2, -0.15) is 0 Å². The van der Waals surface area contributed by atoms with Crippen LogP contribution >= 0.6 is 0 Å². The minimum atomic E-state index is -0.255. The first-order chi connectivity index (χ1) is 8.68. The van der Waals surface area contributed by atoms with Crippen LogP contribution < -0.4 is 5.56 Å². The van der Waals surface area contributed by atoms with Gasteiger partial charge in [0.1, 0.15) is 0 Å². The standard InChI is InChI=1S/C15H19NO2/c1-12(17)6-4-5-11-16-14-8-3-2-7-13(14)9-10-15(16)18/h2-3,7-10,12,17H,4-6,11H2,1H3. The Kier molecular flexibility index (Phi) is 4.15. The number of aliphatic hydroxyl groups excluding tert-OH is 1. The second-order valence-electron chi connectivity index (χ2n) is 4.73. The lowest BCUT2D eigenvalue weighted by molar-refractivity contribution is 0.180. The molecule has 0 aliphatic carbocycles. The molecule has 1 unspecified atom stereocenters. The Labute approximate surface area is 107 Å². The van der Waals surface area contributed by atoms with E-state index in [1.165, 1.54) is 0 Å². The lowest BCUT2D eigenvalue weighted by Crippen LogP contribution is -2.19. The molecule has 0 aliphatic heterocycles. The van der Waals surface area contributed by atoms with Gasteiger partial charge in [0, 0.05) is 12.6 Å². The molecular weight excluding hydrogens is 226 g/mol. The van der Waals surface area contributed by atoms with E-state index in [9.17, 15) is 9.90 Å². The van der Waals surface area contributed by atoms with Gasteiger partial charge in [0.2, 0.25) is 0 Å². The van der Waals surface area contributed by atoms with Gasteiger partial charge in [-0.1, -0.05) is 18.2 Å². The predicted octanol–water partition coefficient (Wildman–Crippen LogP) is 2.55. The molecule has 1 N–H and O–H groups in total. The third-order valence-electron chi connectivity index (χ3n) is 3.15. The van der Waals surface area contributed by atoms with Crippen LogP contribution in [-0.2, 0) is 6.54 Å². The summed E-state index contributed by atoms with van der Waals surface area (Å²) in [6.07, 6.45) is 2.39. The normalized spacial score (nSPS) is 12.8. The van der Waals surface area contributed by atoms with E-state index in [0.29, 0.717) is 6.54 Å². The molecule has 0 radical (unpaired) electrons. The van der Waals surface area contributed by atoms with Gasteiger partial charge < -0.3 is 9.67 Å². The Hall–Kier alpha value is -1.61. The maximum absolute atomic E-state index is 11.9. The number of rotatable bonds is 5. The van der Waals surface area contributed by atoms with Crippen LogP contribution in [0.5, 0.6) is 0 Å². The first-order valence-electron chi connectivity index (χ1n) is 6.45. The number of aromatic nitrogens is 1. The molecule has 0 aliphatic rings. The number of pyridine rings is 1. The fourth-order valence-corrected chi connectivity index (χ4v) is 2.18. The van der Waals surface area contributed by atoms with E-state index < -0.39 is 0 Å². The van der Waals surface area contributed by atoms with E-state index in [0.717, 1.165) is 30.2 Å². The van der Waals surface area contributed by atoms with Crippen LogP contribution in [0, 0.1) is 0 Å². The molecule has 1 atom stereocenters. The molecule has 1 aromatic carbocycles. The van der Waals surface area contributed by atoms with Gasteiger partial charge in [-0.15, -0.1) is 0 Å². The van der Waals surface area contributed by atoms with Gasteiger partial charge in [0.15, 0.2) is 0 Å². The van der Waals surface area contributed by atoms with Crippen molar-refractivity contribution in [3.05, 3.63) is 46.8 Å². The van der Waals surface area contributed by atoms with E-state index in [4.69, 9.17) is 0 Å². The van der Waals surface area contributed by atoms with Crippen molar-refractivity contribution in [1.29, 1.82) is 0 Å². The monoisotopic (exact) mass is 245 g/mol. The smallest absolute Gasteiger partial charge is 0.251 e. The van der Waals surface area contributed by atoms with Crippen molar-refractivity contribution in [3.8, 4) is 0 Å². The molecule has 1 heterocycles. The highest BCUT2D eigenvalue weighted by Crippen LogP contribution is 2.12. The average Bonchev–Trinajstić information content (AvgIpc) is 2.36. The predicted molar refractivity (Wildman–Crippen MR) is 73.7 cm³/mol. The van der Waals surface area contributed by atoms with Crippen LogP contribution in [-0.4, -0.2) is 15.8 Å². The molecule has 0 amide bonds. The summed E-state index contributed by atoms with van der Waals surface area (Å²) >= 11 is 0. The number of nitrogens with zero attached hydrogens (tertiary/aromatic N) is 1. The van der Waals surface area contributed by atoms with Gasteiger partial charge >= 0.3 is 0 Å². The molecule has 0 saturated heterocycles. The molecular formula is C15H19NO2. The summed E-state index contributed by atoms with van der Waals surface area (Å²) in [5.74, 6) is 0. The number of unbranched alkanes of at least 4 members (excludes halogenated alkanes) is 1. The molecule has 3 heteroatoms. The fourth-order valence-electron chi connectivity index (χ4n) is 2.18. The van der Waals surface area contributed by atoms with E-state index in [1.807, 2.05) is 34.9 Å². The molecule has 0 fully saturated rings. The van der Waals surface area contributed by atoms with Crippen molar-refractivity contribution < 1.29 is 5.11 Å². The first-order valence-corrected chi connectivity index (χ1v) is 6.45. The van der Waals surface area contributed by atoms with Crippen molar-refractivity contribution in [2.75, 3.05) is 0 Å². The minimum absolute atomic E-state index is 0.0470.